The van der Waals surface area contributed by atoms with Crippen LogP contribution in [0.1, 0.15) is 30.0 Å². The zero-order chi connectivity index (χ0) is 13.0. The average molecular weight is 349 g/mol. The summed E-state index contributed by atoms with van der Waals surface area (Å²) in [5, 5.41) is 3.94. The maximum atomic E-state index is 5.85. The second-order valence-corrected chi connectivity index (χ2v) is 6.98. The van der Waals surface area contributed by atoms with E-state index in [4.69, 9.17) is 16.0 Å². The van der Waals surface area contributed by atoms with Gasteiger partial charge in [0, 0.05) is 11.3 Å². The van der Waals surface area contributed by atoms with Crippen molar-refractivity contribution in [3.63, 3.8) is 0 Å². The van der Waals surface area contributed by atoms with E-state index in [0.29, 0.717) is 5.22 Å². The number of halogens is 2. The quantitative estimate of drug-likeness (QED) is 0.791. The van der Waals surface area contributed by atoms with Crippen LogP contribution >= 0.6 is 38.9 Å². The van der Waals surface area contributed by atoms with E-state index >= 15 is 0 Å². The highest BCUT2D eigenvalue weighted by molar-refractivity contribution is 9.11. The monoisotopic (exact) mass is 347 g/mol. The van der Waals surface area contributed by atoms with Crippen molar-refractivity contribution in [1.29, 1.82) is 0 Å². The fourth-order valence-electron chi connectivity index (χ4n) is 1.77. The Labute approximate surface area is 124 Å². The van der Waals surface area contributed by atoms with Crippen molar-refractivity contribution in [3.8, 4) is 0 Å². The molecule has 0 aliphatic heterocycles. The summed E-state index contributed by atoms with van der Waals surface area (Å²) in [5.41, 5.74) is 0. The molecule has 2 aromatic heterocycles. The predicted molar refractivity (Wildman–Crippen MR) is 80.5 cm³/mol. The number of nitrogens with one attached hydrogen (secondary N) is 1. The number of thiophene rings is 1. The molecule has 1 unspecified atom stereocenters. The van der Waals surface area contributed by atoms with E-state index in [2.05, 4.69) is 40.3 Å². The zero-order valence-electron chi connectivity index (χ0n) is 10.1. The second-order valence-electron chi connectivity index (χ2n) is 4.06. The molecular weight excluding hydrogens is 334 g/mol. The molecule has 2 heterocycles. The molecule has 2 rings (SSSR count). The molecule has 0 saturated carbocycles. The van der Waals surface area contributed by atoms with E-state index < -0.39 is 0 Å². The van der Waals surface area contributed by atoms with Crippen LogP contribution in [0.25, 0.3) is 0 Å². The highest BCUT2D eigenvalue weighted by Crippen LogP contribution is 2.28. The van der Waals surface area contributed by atoms with Crippen LogP contribution in [0.5, 0.6) is 0 Å². The van der Waals surface area contributed by atoms with Gasteiger partial charge in [-0.1, -0.05) is 6.92 Å². The van der Waals surface area contributed by atoms with Gasteiger partial charge in [0.1, 0.15) is 5.76 Å². The molecule has 0 aliphatic rings. The van der Waals surface area contributed by atoms with Crippen molar-refractivity contribution in [2.45, 2.75) is 25.8 Å². The molecular formula is C13H15BrClNOS. The van der Waals surface area contributed by atoms with E-state index in [-0.39, 0.29) is 6.04 Å². The normalized spacial score (nSPS) is 12.8. The average Bonchev–Trinajstić information content (AvgIpc) is 2.93. The molecule has 5 heteroatoms. The van der Waals surface area contributed by atoms with Crippen molar-refractivity contribution >= 4 is 38.9 Å². The Morgan fingerprint density at radius 1 is 1.39 bits per heavy atom. The van der Waals surface area contributed by atoms with Gasteiger partial charge in [-0.3, -0.25) is 0 Å². The maximum absolute atomic E-state index is 5.85. The Morgan fingerprint density at radius 3 is 2.78 bits per heavy atom. The lowest BCUT2D eigenvalue weighted by Gasteiger charge is -2.15. The SMILES string of the molecule is CCCNC(Cc1ccc(Br)s1)c1ccc(Cl)o1. The third-order valence-electron chi connectivity index (χ3n) is 2.61. The minimum atomic E-state index is 0.183. The number of hydrogen-bond acceptors (Lipinski definition) is 3. The summed E-state index contributed by atoms with van der Waals surface area (Å²) in [7, 11) is 0. The van der Waals surface area contributed by atoms with Crippen LogP contribution in [0, 0.1) is 0 Å². The summed E-state index contributed by atoms with van der Waals surface area (Å²) >= 11 is 11.1. The smallest absolute Gasteiger partial charge is 0.193 e. The highest BCUT2D eigenvalue weighted by Gasteiger charge is 2.16. The molecule has 0 aromatic carbocycles. The first-order chi connectivity index (χ1) is 8.69. The van der Waals surface area contributed by atoms with Crippen LogP contribution in [0.2, 0.25) is 5.22 Å². The van der Waals surface area contributed by atoms with E-state index in [1.54, 1.807) is 17.4 Å². The third kappa shape index (κ3) is 3.85. The van der Waals surface area contributed by atoms with Gasteiger partial charge in [0.2, 0.25) is 0 Å². The first kappa shape index (κ1) is 14.1. The molecule has 2 aromatic rings. The van der Waals surface area contributed by atoms with Gasteiger partial charge in [-0.05, 0) is 64.8 Å². The molecule has 18 heavy (non-hydrogen) atoms. The van der Waals surface area contributed by atoms with Gasteiger partial charge < -0.3 is 9.73 Å². The van der Waals surface area contributed by atoms with E-state index in [0.717, 1.165) is 28.9 Å². The van der Waals surface area contributed by atoms with Crippen LogP contribution in [-0.2, 0) is 6.42 Å². The molecule has 0 bridgehead atoms. The van der Waals surface area contributed by atoms with E-state index in [1.807, 2.05) is 6.07 Å². The highest BCUT2D eigenvalue weighted by atomic mass is 79.9. The molecule has 0 radical (unpaired) electrons. The molecule has 0 spiro atoms. The van der Waals surface area contributed by atoms with Crippen LogP contribution in [0.4, 0.5) is 0 Å². The molecule has 2 nitrogen and oxygen atoms in total. The van der Waals surface area contributed by atoms with Crippen molar-refractivity contribution < 1.29 is 4.42 Å². The summed E-state index contributed by atoms with van der Waals surface area (Å²) < 4.78 is 6.67. The minimum absolute atomic E-state index is 0.183. The van der Waals surface area contributed by atoms with Gasteiger partial charge in [0.05, 0.1) is 9.83 Å². The summed E-state index contributed by atoms with van der Waals surface area (Å²) in [6.45, 7) is 3.12. The van der Waals surface area contributed by atoms with Gasteiger partial charge in [0.15, 0.2) is 5.22 Å². The van der Waals surface area contributed by atoms with Gasteiger partial charge in [-0.2, -0.15) is 0 Å². The number of hydrogen-bond donors (Lipinski definition) is 1. The molecule has 1 N–H and O–H groups in total. The van der Waals surface area contributed by atoms with Crippen molar-refractivity contribution in [2.24, 2.45) is 0 Å². The van der Waals surface area contributed by atoms with Gasteiger partial charge in [-0.15, -0.1) is 11.3 Å². The van der Waals surface area contributed by atoms with Crippen molar-refractivity contribution in [1.82, 2.24) is 5.32 Å². The molecule has 0 fully saturated rings. The Balaban J connectivity index is 2.09. The molecule has 0 aliphatic carbocycles. The summed E-state index contributed by atoms with van der Waals surface area (Å²) in [4.78, 5) is 1.32. The van der Waals surface area contributed by atoms with Gasteiger partial charge >= 0.3 is 0 Å². The Hall–Kier alpha value is -0.290. The summed E-state index contributed by atoms with van der Waals surface area (Å²) in [5.74, 6) is 0.901. The summed E-state index contributed by atoms with van der Waals surface area (Å²) in [6.07, 6.45) is 2.01. The largest absolute Gasteiger partial charge is 0.448 e. The third-order valence-corrected chi connectivity index (χ3v) is 4.46. The van der Waals surface area contributed by atoms with E-state index in [1.165, 1.54) is 4.88 Å². The van der Waals surface area contributed by atoms with Gasteiger partial charge in [0.25, 0.3) is 0 Å². The number of rotatable bonds is 6. The first-order valence-electron chi connectivity index (χ1n) is 5.92. The zero-order valence-corrected chi connectivity index (χ0v) is 13.2. The molecule has 98 valence electrons. The standard InChI is InChI=1S/C13H15BrClNOS/c1-2-7-16-10(11-4-6-13(15)17-11)8-9-3-5-12(14)18-9/h3-6,10,16H,2,7-8H2,1H3. The lowest BCUT2D eigenvalue weighted by atomic mass is 10.1. The number of furan rings is 1. The van der Waals surface area contributed by atoms with Crippen LogP contribution < -0.4 is 5.32 Å². The second kappa shape index (κ2) is 6.75. The summed E-state index contributed by atoms with van der Waals surface area (Å²) in [6, 6.07) is 8.13. The van der Waals surface area contributed by atoms with Crippen LogP contribution in [0.15, 0.2) is 32.5 Å². The van der Waals surface area contributed by atoms with Gasteiger partial charge in [-0.25, -0.2) is 0 Å². The lowest BCUT2D eigenvalue weighted by molar-refractivity contribution is 0.413. The topological polar surface area (TPSA) is 25.2 Å². The van der Waals surface area contributed by atoms with E-state index in [9.17, 15) is 0 Å². The first-order valence-corrected chi connectivity index (χ1v) is 7.90. The predicted octanol–water partition coefficient (Wildman–Crippen LogP) is 5.04. The van der Waals surface area contributed by atoms with Crippen molar-refractivity contribution in [3.05, 3.63) is 43.9 Å². The Kier molecular flexibility index (Phi) is 5.30. The fraction of sp³-hybridized carbons (Fsp3) is 0.385. The van der Waals surface area contributed by atoms with Crippen molar-refractivity contribution in [2.75, 3.05) is 6.54 Å². The van der Waals surface area contributed by atoms with Crippen LogP contribution in [0.3, 0.4) is 0 Å². The van der Waals surface area contributed by atoms with Crippen LogP contribution in [-0.4, -0.2) is 6.54 Å². The lowest BCUT2D eigenvalue weighted by Crippen LogP contribution is -2.23. The molecule has 0 saturated heterocycles. The Bertz CT molecular complexity index is 497. The molecule has 1 atom stereocenters. The Morgan fingerprint density at radius 2 is 2.22 bits per heavy atom. The maximum Gasteiger partial charge on any atom is 0.193 e. The molecule has 0 amide bonds. The minimum Gasteiger partial charge on any atom is -0.448 e. The fourth-order valence-corrected chi connectivity index (χ4v) is 3.45.